The molecule has 2 heterocycles. The number of thiophene rings is 1. The van der Waals surface area contributed by atoms with Gasteiger partial charge in [0.05, 0.1) is 9.35 Å². The maximum Gasteiger partial charge on any atom is 0.280 e. The Morgan fingerprint density at radius 1 is 1.53 bits per heavy atom. The molecule has 78 valence electrons. The highest BCUT2D eigenvalue weighted by molar-refractivity contribution is 9.11. The highest BCUT2D eigenvalue weighted by Gasteiger charge is 2.06. The Bertz CT molecular complexity index is 552. The number of carbonyl (C=O) groups is 1. The molecule has 0 saturated heterocycles. The van der Waals surface area contributed by atoms with Crippen LogP contribution in [0.3, 0.4) is 0 Å². The fourth-order valence-electron chi connectivity index (χ4n) is 1.01. The molecular formula is C9H7BrN2OS2. The van der Waals surface area contributed by atoms with E-state index in [0.29, 0.717) is 10.4 Å². The highest BCUT2D eigenvalue weighted by Crippen LogP contribution is 2.20. The van der Waals surface area contributed by atoms with Crippen molar-refractivity contribution >= 4 is 44.5 Å². The third-order valence-electron chi connectivity index (χ3n) is 1.77. The Morgan fingerprint density at radius 2 is 2.33 bits per heavy atom. The van der Waals surface area contributed by atoms with Gasteiger partial charge in [0, 0.05) is 24.0 Å². The molecule has 2 aromatic heterocycles. The Hall–Kier alpha value is -0.720. The monoisotopic (exact) mass is 302 g/mol. The zero-order chi connectivity index (χ0) is 10.8. The lowest BCUT2D eigenvalue weighted by molar-refractivity contribution is 0.0998. The van der Waals surface area contributed by atoms with Gasteiger partial charge in [0.15, 0.2) is 4.80 Å². The van der Waals surface area contributed by atoms with Gasteiger partial charge < -0.3 is 4.57 Å². The molecule has 15 heavy (non-hydrogen) atoms. The number of hydrogen-bond donors (Lipinski definition) is 0. The smallest absolute Gasteiger partial charge is 0.280 e. The first-order valence-electron chi connectivity index (χ1n) is 4.10. The first-order chi connectivity index (χ1) is 7.16. The van der Waals surface area contributed by atoms with Gasteiger partial charge in [0.2, 0.25) is 0 Å². The average Bonchev–Trinajstić information content (AvgIpc) is 2.77. The second-order valence-corrected chi connectivity index (χ2v) is 6.02. The van der Waals surface area contributed by atoms with E-state index in [2.05, 4.69) is 20.9 Å². The molecule has 1 amide bonds. The Balaban J connectivity index is 2.35. The van der Waals surface area contributed by atoms with Crippen LogP contribution < -0.4 is 4.80 Å². The largest absolute Gasteiger partial charge is 0.327 e. The lowest BCUT2D eigenvalue weighted by atomic mass is 10.3. The van der Waals surface area contributed by atoms with Crippen molar-refractivity contribution in [2.45, 2.75) is 0 Å². The molecule has 0 fully saturated rings. The predicted molar refractivity (Wildman–Crippen MR) is 65.2 cm³/mol. The fourth-order valence-corrected chi connectivity index (χ4v) is 2.87. The van der Waals surface area contributed by atoms with Crippen LogP contribution in [-0.4, -0.2) is 10.5 Å². The number of amides is 1. The molecule has 2 rings (SSSR count). The summed E-state index contributed by atoms with van der Waals surface area (Å²) in [5, 5.41) is 3.69. The van der Waals surface area contributed by atoms with Crippen LogP contribution >= 0.6 is 38.6 Å². The standard InChI is InChI=1S/C9H7BrN2OS2/c1-12-2-3-14-9(12)11-8(13)6-4-7(10)15-5-6/h2-5H,1H3. The van der Waals surface area contributed by atoms with Gasteiger partial charge in [-0.1, -0.05) is 0 Å². The zero-order valence-electron chi connectivity index (χ0n) is 7.81. The van der Waals surface area contributed by atoms with Gasteiger partial charge in [-0.25, -0.2) is 0 Å². The molecule has 0 saturated carbocycles. The van der Waals surface area contributed by atoms with Crippen LogP contribution in [0.4, 0.5) is 0 Å². The quantitative estimate of drug-likeness (QED) is 0.797. The maximum atomic E-state index is 11.7. The molecule has 0 atom stereocenters. The van der Waals surface area contributed by atoms with Crippen LogP contribution in [-0.2, 0) is 7.05 Å². The molecule has 0 aliphatic carbocycles. The van der Waals surface area contributed by atoms with E-state index in [1.54, 1.807) is 11.4 Å². The summed E-state index contributed by atoms with van der Waals surface area (Å²) in [5.74, 6) is -0.199. The van der Waals surface area contributed by atoms with Crippen LogP contribution in [0.1, 0.15) is 10.4 Å². The second-order valence-electron chi connectivity index (χ2n) is 2.85. The van der Waals surface area contributed by atoms with Crippen molar-refractivity contribution < 1.29 is 4.79 Å². The van der Waals surface area contributed by atoms with Gasteiger partial charge in [0.1, 0.15) is 0 Å². The summed E-state index contributed by atoms with van der Waals surface area (Å²) in [5.41, 5.74) is 0.625. The maximum absolute atomic E-state index is 11.7. The Labute approximate surface area is 103 Å². The van der Waals surface area contributed by atoms with Gasteiger partial charge in [-0.15, -0.1) is 22.7 Å². The lowest BCUT2D eigenvalue weighted by Gasteiger charge is -1.89. The molecule has 0 N–H and O–H groups in total. The van der Waals surface area contributed by atoms with Crippen molar-refractivity contribution in [3.63, 3.8) is 0 Å². The van der Waals surface area contributed by atoms with E-state index in [0.717, 1.165) is 3.79 Å². The number of aryl methyl sites for hydroxylation is 1. The minimum atomic E-state index is -0.199. The van der Waals surface area contributed by atoms with E-state index in [1.807, 2.05) is 23.2 Å². The van der Waals surface area contributed by atoms with Crippen molar-refractivity contribution in [3.8, 4) is 0 Å². The Morgan fingerprint density at radius 3 is 2.87 bits per heavy atom. The molecule has 0 radical (unpaired) electrons. The molecule has 0 aliphatic rings. The normalized spacial score (nSPS) is 12.0. The van der Waals surface area contributed by atoms with E-state index in [9.17, 15) is 4.79 Å². The van der Waals surface area contributed by atoms with Crippen LogP contribution in [0.15, 0.2) is 31.8 Å². The molecule has 2 aromatic rings. The van der Waals surface area contributed by atoms with Crippen LogP contribution in [0.2, 0.25) is 0 Å². The molecule has 0 spiro atoms. The summed E-state index contributed by atoms with van der Waals surface area (Å²) < 4.78 is 2.76. The topological polar surface area (TPSA) is 34.4 Å². The van der Waals surface area contributed by atoms with Crippen molar-refractivity contribution in [3.05, 3.63) is 37.2 Å². The lowest BCUT2D eigenvalue weighted by Crippen LogP contribution is -2.12. The number of hydrogen-bond acceptors (Lipinski definition) is 3. The van der Waals surface area contributed by atoms with E-state index < -0.39 is 0 Å². The number of halogens is 1. The number of aromatic nitrogens is 1. The van der Waals surface area contributed by atoms with E-state index in [1.165, 1.54) is 22.7 Å². The summed E-state index contributed by atoms with van der Waals surface area (Å²) in [6, 6.07) is 1.78. The van der Waals surface area contributed by atoms with Crippen molar-refractivity contribution in [1.29, 1.82) is 0 Å². The zero-order valence-corrected chi connectivity index (χ0v) is 11.0. The van der Waals surface area contributed by atoms with Crippen molar-refractivity contribution in [2.24, 2.45) is 12.0 Å². The second kappa shape index (κ2) is 4.42. The third-order valence-corrected chi connectivity index (χ3v) is 4.12. The number of thiazole rings is 1. The molecule has 0 unspecified atom stereocenters. The summed E-state index contributed by atoms with van der Waals surface area (Å²) >= 11 is 6.24. The summed E-state index contributed by atoms with van der Waals surface area (Å²) in [6.45, 7) is 0. The van der Waals surface area contributed by atoms with Crippen molar-refractivity contribution in [1.82, 2.24) is 4.57 Å². The molecule has 0 aliphatic heterocycles. The van der Waals surface area contributed by atoms with Crippen LogP contribution in [0.5, 0.6) is 0 Å². The van der Waals surface area contributed by atoms with E-state index >= 15 is 0 Å². The summed E-state index contributed by atoms with van der Waals surface area (Å²) in [6.07, 6.45) is 1.88. The number of rotatable bonds is 1. The first kappa shape index (κ1) is 10.8. The minimum Gasteiger partial charge on any atom is -0.327 e. The van der Waals surface area contributed by atoms with Gasteiger partial charge in [-0.05, 0) is 22.0 Å². The number of carbonyl (C=O) groups excluding carboxylic acids is 1. The minimum absolute atomic E-state index is 0.199. The van der Waals surface area contributed by atoms with Crippen molar-refractivity contribution in [2.75, 3.05) is 0 Å². The molecule has 3 nitrogen and oxygen atoms in total. The van der Waals surface area contributed by atoms with Crippen LogP contribution in [0.25, 0.3) is 0 Å². The molecule has 6 heteroatoms. The molecular weight excluding hydrogens is 296 g/mol. The third kappa shape index (κ3) is 2.45. The predicted octanol–water partition coefficient (Wildman–Crippen LogP) is 2.65. The SMILES string of the molecule is Cn1ccsc1=NC(=O)c1csc(Br)c1. The molecule has 0 bridgehead atoms. The average molecular weight is 303 g/mol. The fraction of sp³-hybridized carbons (Fsp3) is 0.111. The van der Waals surface area contributed by atoms with Gasteiger partial charge in [-0.3, -0.25) is 4.79 Å². The van der Waals surface area contributed by atoms with Gasteiger partial charge >= 0.3 is 0 Å². The number of nitrogens with zero attached hydrogens (tertiary/aromatic N) is 2. The van der Waals surface area contributed by atoms with Gasteiger partial charge in [0.25, 0.3) is 5.91 Å². The van der Waals surface area contributed by atoms with Crippen LogP contribution in [0, 0.1) is 0 Å². The summed E-state index contributed by atoms with van der Waals surface area (Å²) in [4.78, 5) is 16.4. The summed E-state index contributed by atoms with van der Waals surface area (Å²) in [7, 11) is 1.87. The van der Waals surface area contributed by atoms with E-state index in [-0.39, 0.29) is 5.91 Å². The molecule has 0 aromatic carbocycles. The first-order valence-corrected chi connectivity index (χ1v) is 6.65. The van der Waals surface area contributed by atoms with E-state index in [4.69, 9.17) is 0 Å². The van der Waals surface area contributed by atoms with Gasteiger partial charge in [-0.2, -0.15) is 4.99 Å². The Kier molecular flexibility index (Phi) is 3.18. The highest BCUT2D eigenvalue weighted by atomic mass is 79.9.